The Balaban J connectivity index is 1.67. The van der Waals surface area contributed by atoms with Crippen LogP contribution in [0, 0.1) is 19.7 Å². The topological polar surface area (TPSA) is 53.7 Å². The number of rotatable bonds is 6. The minimum Gasteiger partial charge on any atom is -0.478 e. The molecule has 1 unspecified atom stereocenters. The molecule has 1 fully saturated rings. The third kappa shape index (κ3) is 5.23. The number of furan rings is 1. The molecule has 0 saturated carbocycles. The predicted octanol–water partition coefficient (Wildman–Crippen LogP) is 4.55. The molecule has 3 rings (SSSR count). The summed E-state index contributed by atoms with van der Waals surface area (Å²) in [5.41, 5.74) is 2.68. The second-order valence-corrected chi connectivity index (χ2v) is 8.08. The Bertz CT molecular complexity index is 846. The number of hydrogen-bond donors (Lipinski definition) is 1. The van der Waals surface area contributed by atoms with E-state index in [2.05, 4.69) is 4.90 Å². The van der Waals surface area contributed by atoms with E-state index < -0.39 is 5.97 Å². The number of benzene rings is 1. The SMILES string of the molecule is Cc1cc(CSC2CCN(Cc3ccccc3F)C/C2=C/C(=O)O)c(C)o1. The van der Waals surface area contributed by atoms with Crippen LogP contribution in [0.3, 0.4) is 0 Å². The largest absolute Gasteiger partial charge is 0.478 e. The van der Waals surface area contributed by atoms with Crippen LogP contribution >= 0.6 is 11.8 Å². The van der Waals surface area contributed by atoms with E-state index in [1.54, 1.807) is 23.9 Å². The summed E-state index contributed by atoms with van der Waals surface area (Å²) in [6.45, 7) is 5.72. The molecule has 1 aliphatic heterocycles. The zero-order valence-electron chi connectivity index (χ0n) is 15.6. The Hall–Kier alpha value is -2.05. The van der Waals surface area contributed by atoms with Crippen molar-refractivity contribution < 1.29 is 18.7 Å². The summed E-state index contributed by atoms with van der Waals surface area (Å²) in [6, 6.07) is 8.78. The first kappa shape index (κ1) is 19.7. The van der Waals surface area contributed by atoms with Crippen LogP contribution in [0.5, 0.6) is 0 Å². The maximum absolute atomic E-state index is 13.9. The number of carbonyl (C=O) groups is 1. The molecule has 1 N–H and O–H groups in total. The van der Waals surface area contributed by atoms with Crippen LogP contribution < -0.4 is 0 Å². The Morgan fingerprint density at radius 2 is 2.15 bits per heavy atom. The van der Waals surface area contributed by atoms with Crippen molar-refractivity contribution in [3.8, 4) is 0 Å². The van der Waals surface area contributed by atoms with Gasteiger partial charge in [-0.3, -0.25) is 4.90 Å². The standard InChI is InChI=1S/C21H24FNO3S/c1-14-9-18(15(2)26-14)13-27-20-7-8-23(12-17(20)10-21(24)25)11-16-5-3-4-6-19(16)22/h3-6,9-10,20H,7-8,11-13H2,1-2H3,(H,24,25)/b17-10-. The highest BCUT2D eigenvalue weighted by atomic mass is 32.2. The molecule has 4 nitrogen and oxygen atoms in total. The van der Waals surface area contributed by atoms with Gasteiger partial charge >= 0.3 is 5.97 Å². The second-order valence-electron chi connectivity index (χ2n) is 6.89. The molecular formula is C21H24FNO3S. The average Bonchev–Trinajstić information content (AvgIpc) is 2.93. The average molecular weight is 389 g/mol. The highest BCUT2D eigenvalue weighted by Crippen LogP contribution is 2.32. The third-order valence-corrected chi connectivity index (χ3v) is 6.19. The summed E-state index contributed by atoms with van der Waals surface area (Å²) in [5, 5.41) is 9.40. The Morgan fingerprint density at radius 3 is 2.81 bits per heavy atom. The highest BCUT2D eigenvalue weighted by Gasteiger charge is 2.26. The molecule has 2 heterocycles. The first-order valence-electron chi connectivity index (χ1n) is 8.99. The molecule has 1 atom stereocenters. The fourth-order valence-corrected chi connectivity index (χ4v) is 4.73. The maximum Gasteiger partial charge on any atom is 0.328 e. The van der Waals surface area contributed by atoms with Gasteiger partial charge in [-0.05, 0) is 38.0 Å². The molecule has 0 bridgehead atoms. The van der Waals surface area contributed by atoms with E-state index in [4.69, 9.17) is 4.42 Å². The van der Waals surface area contributed by atoms with E-state index in [0.29, 0.717) is 18.7 Å². The number of carboxylic acids is 1. The number of aryl methyl sites for hydroxylation is 2. The van der Waals surface area contributed by atoms with Crippen LogP contribution in [-0.2, 0) is 17.1 Å². The smallest absolute Gasteiger partial charge is 0.328 e. The molecule has 0 spiro atoms. The van der Waals surface area contributed by atoms with Crippen molar-refractivity contribution >= 4 is 17.7 Å². The van der Waals surface area contributed by atoms with E-state index in [1.807, 2.05) is 26.0 Å². The van der Waals surface area contributed by atoms with Crippen molar-refractivity contribution in [3.63, 3.8) is 0 Å². The number of carboxylic acid groups (broad SMARTS) is 1. The van der Waals surface area contributed by atoms with E-state index >= 15 is 0 Å². The second kappa shape index (κ2) is 8.76. The van der Waals surface area contributed by atoms with Crippen molar-refractivity contribution in [1.82, 2.24) is 4.90 Å². The van der Waals surface area contributed by atoms with E-state index in [9.17, 15) is 14.3 Å². The van der Waals surface area contributed by atoms with Gasteiger partial charge in [0, 0.05) is 47.8 Å². The van der Waals surface area contributed by atoms with Gasteiger partial charge in [-0.2, -0.15) is 0 Å². The first-order chi connectivity index (χ1) is 12.9. The molecule has 0 amide bonds. The number of likely N-dealkylation sites (tertiary alicyclic amines) is 1. The third-order valence-electron chi connectivity index (χ3n) is 4.77. The normalized spacial score (nSPS) is 19.5. The zero-order chi connectivity index (χ0) is 19.4. The number of halogens is 1. The molecule has 6 heteroatoms. The summed E-state index contributed by atoms with van der Waals surface area (Å²) in [5.74, 6) is 1.45. The first-order valence-corrected chi connectivity index (χ1v) is 10.0. The summed E-state index contributed by atoms with van der Waals surface area (Å²) in [7, 11) is 0. The van der Waals surface area contributed by atoms with E-state index in [-0.39, 0.29) is 11.1 Å². The lowest BCUT2D eigenvalue weighted by Crippen LogP contribution is -2.37. The van der Waals surface area contributed by atoms with Crippen LogP contribution in [-0.4, -0.2) is 34.3 Å². The fraction of sp³-hybridized carbons (Fsp3) is 0.381. The van der Waals surface area contributed by atoms with Gasteiger partial charge in [0.2, 0.25) is 0 Å². The molecule has 27 heavy (non-hydrogen) atoms. The number of hydrogen-bond acceptors (Lipinski definition) is 4. The van der Waals surface area contributed by atoms with Crippen molar-refractivity contribution in [2.75, 3.05) is 13.1 Å². The lowest BCUT2D eigenvalue weighted by molar-refractivity contribution is -0.131. The van der Waals surface area contributed by atoms with E-state index in [0.717, 1.165) is 41.4 Å². The maximum atomic E-state index is 13.9. The van der Waals surface area contributed by atoms with Gasteiger partial charge < -0.3 is 9.52 Å². The summed E-state index contributed by atoms with van der Waals surface area (Å²) in [6.07, 6.45) is 2.16. The van der Waals surface area contributed by atoms with E-state index in [1.165, 1.54) is 12.1 Å². The van der Waals surface area contributed by atoms with Gasteiger partial charge in [0.05, 0.1) is 0 Å². The predicted molar refractivity (Wildman–Crippen MR) is 105 cm³/mol. The lowest BCUT2D eigenvalue weighted by atomic mass is 10.0. The van der Waals surface area contributed by atoms with Crippen LogP contribution in [0.2, 0.25) is 0 Å². The van der Waals surface area contributed by atoms with Crippen LogP contribution in [0.15, 0.2) is 46.4 Å². The molecule has 1 aromatic carbocycles. The van der Waals surface area contributed by atoms with Gasteiger partial charge in [0.25, 0.3) is 0 Å². The van der Waals surface area contributed by atoms with Crippen molar-refractivity contribution in [3.05, 3.63) is 70.4 Å². The number of aliphatic carboxylic acids is 1. The van der Waals surface area contributed by atoms with Gasteiger partial charge in [-0.25, -0.2) is 9.18 Å². The molecule has 144 valence electrons. The van der Waals surface area contributed by atoms with Crippen LogP contribution in [0.25, 0.3) is 0 Å². The Kier molecular flexibility index (Phi) is 6.39. The molecule has 0 radical (unpaired) electrons. The van der Waals surface area contributed by atoms with Gasteiger partial charge in [-0.1, -0.05) is 18.2 Å². The minimum absolute atomic E-state index is 0.146. The molecule has 1 saturated heterocycles. The highest BCUT2D eigenvalue weighted by molar-refractivity contribution is 7.99. The molecule has 1 aliphatic rings. The van der Waals surface area contributed by atoms with Gasteiger partial charge in [0.15, 0.2) is 0 Å². The quantitative estimate of drug-likeness (QED) is 0.735. The van der Waals surface area contributed by atoms with Crippen LogP contribution in [0.4, 0.5) is 4.39 Å². The number of thioether (sulfide) groups is 1. The molecular weight excluding hydrogens is 365 g/mol. The lowest BCUT2D eigenvalue weighted by Gasteiger charge is -2.34. The molecule has 2 aromatic rings. The van der Waals surface area contributed by atoms with Gasteiger partial charge in [-0.15, -0.1) is 11.8 Å². The summed E-state index contributed by atoms with van der Waals surface area (Å²) in [4.78, 5) is 13.4. The van der Waals surface area contributed by atoms with Crippen LogP contribution in [0.1, 0.15) is 29.1 Å². The fourth-order valence-electron chi connectivity index (χ4n) is 3.43. The zero-order valence-corrected chi connectivity index (χ0v) is 16.4. The Morgan fingerprint density at radius 1 is 1.37 bits per heavy atom. The summed E-state index contributed by atoms with van der Waals surface area (Å²) < 4.78 is 19.5. The van der Waals surface area contributed by atoms with Gasteiger partial charge in [0.1, 0.15) is 17.3 Å². The molecule has 0 aliphatic carbocycles. The Labute approximate surface area is 163 Å². The number of piperidine rings is 1. The van der Waals surface area contributed by atoms with Crippen molar-refractivity contribution in [2.24, 2.45) is 0 Å². The summed E-state index contributed by atoms with van der Waals surface area (Å²) >= 11 is 1.75. The minimum atomic E-state index is -0.932. The molecule has 1 aromatic heterocycles. The number of nitrogens with zero attached hydrogens (tertiary/aromatic N) is 1. The van der Waals surface area contributed by atoms with Crippen molar-refractivity contribution in [2.45, 2.75) is 37.8 Å². The van der Waals surface area contributed by atoms with Crippen molar-refractivity contribution in [1.29, 1.82) is 0 Å². The monoisotopic (exact) mass is 389 g/mol.